The maximum atomic E-state index is 2.45. The first-order valence-electron chi connectivity index (χ1n) is 5.61. The van der Waals surface area contributed by atoms with Crippen molar-refractivity contribution in [3.8, 4) is 0 Å². The summed E-state index contributed by atoms with van der Waals surface area (Å²) in [5.74, 6) is 0.636. The van der Waals surface area contributed by atoms with Gasteiger partial charge in [-0.3, -0.25) is 0 Å². The van der Waals surface area contributed by atoms with Gasteiger partial charge in [0.05, 0.1) is 8.07 Å². The molecule has 0 saturated carbocycles. The number of thioether (sulfide) groups is 1. The van der Waals surface area contributed by atoms with Crippen LogP contribution in [0, 0.1) is 5.92 Å². The normalized spacial score (nSPS) is 19.6. The third-order valence-corrected chi connectivity index (χ3v) is 6.99. The van der Waals surface area contributed by atoms with E-state index < -0.39 is 8.07 Å². The fraction of sp³-hybridized carbons (Fsp3) is 0.462. The van der Waals surface area contributed by atoms with Crippen LogP contribution in [0.2, 0.25) is 19.6 Å². The summed E-state index contributed by atoms with van der Waals surface area (Å²) in [5.41, 5.74) is 0. The van der Waals surface area contributed by atoms with E-state index in [2.05, 4.69) is 57.8 Å². The SMILES string of the molecule is C[C](C)=[Zr+2].C[Si](C)(C)C1=CC2C=CC=C2S1.[Cl-].[Cl-]. The summed E-state index contributed by atoms with van der Waals surface area (Å²) in [7, 11) is -1.04. The minimum Gasteiger partial charge on any atom is -1.00 e. The summed E-state index contributed by atoms with van der Waals surface area (Å²) in [6.45, 7) is 11.5. The summed E-state index contributed by atoms with van der Waals surface area (Å²) in [4.78, 5) is 1.53. The van der Waals surface area contributed by atoms with Crippen molar-refractivity contribution in [3.05, 3.63) is 33.7 Å². The van der Waals surface area contributed by atoms with E-state index in [9.17, 15) is 0 Å². The van der Waals surface area contributed by atoms with Crippen LogP contribution in [0.3, 0.4) is 0 Å². The van der Waals surface area contributed by atoms with Crippen LogP contribution in [-0.2, 0) is 24.2 Å². The molecule has 1 atom stereocenters. The van der Waals surface area contributed by atoms with E-state index >= 15 is 0 Å². The van der Waals surface area contributed by atoms with Crippen LogP contribution in [0.4, 0.5) is 0 Å². The molecule has 0 N–H and O–H groups in total. The van der Waals surface area contributed by atoms with Crippen LogP contribution in [0.25, 0.3) is 0 Å². The zero-order chi connectivity index (χ0) is 12.3. The molecule has 0 aromatic carbocycles. The molecule has 0 bridgehead atoms. The summed E-state index contributed by atoms with van der Waals surface area (Å²) < 4.78 is 3.16. The second-order valence-electron chi connectivity index (χ2n) is 5.36. The van der Waals surface area contributed by atoms with E-state index in [1.807, 2.05) is 11.8 Å². The predicted octanol–water partition coefficient (Wildman–Crippen LogP) is -1.68. The van der Waals surface area contributed by atoms with Crippen molar-refractivity contribution in [2.24, 2.45) is 5.92 Å². The largest absolute Gasteiger partial charge is 1.00 e. The quantitative estimate of drug-likeness (QED) is 0.476. The Morgan fingerprint density at radius 3 is 2.11 bits per heavy atom. The first-order valence-corrected chi connectivity index (χ1v) is 11.2. The zero-order valence-corrected chi connectivity index (χ0v) is 17.3. The van der Waals surface area contributed by atoms with Gasteiger partial charge in [-0.15, -0.1) is 11.8 Å². The van der Waals surface area contributed by atoms with Crippen LogP contribution in [0.5, 0.6) is 0 Å². The summed E-state index contributed by atoms with van der Waals surface area (Å²) in [5, 5.41) is 0. The zero-order valence-electron chi connectivity index (χ0n) is 11.6. The number of allylic oxidation sites excluding steroid dienone is 5. The van der Waals surface area contributed by atoms with Gasteiger partial charge in [-0.05, 0) is 9.43 Å². The number of hydrogen-bond acceptors (Lipinski definition) is 1. The second-order valence-corrected chi connectivity index (χ2v) is 14.3. The Bertz CT molecular complexity index is 377. The molecule has 0 fully saturated rings. The predicted molar refractivity (Wildman–Crippen MR) is 76.1 cm³/mol. The Hall–Kier alpha value is 1.12. The maximum absolute atomic E-state index is 2.45. The van der Waals surface area contributed by atoms with Gasteiger partial charge in [0.25, 0.3) is 0 Å². The molecule has 1 heterocycles. The Morgan fingerprint density at radius 2 is 1.72 bits per heavy atom. The number of halogens is 2. The first-order chi connectivity index (χ1) is 7.30. The number of fused-ring (bicyclic) bond motifs is 1. The molecule has 0 spiro atoms. The van der Waals surface area contributed by atoms with Gasteiger partial charge < -0.3 is 24.8 Å². The van der Waals surface area contributed by atoms with Crippen LogP contribution in [-0.4, -0.2) is 11.3 Å². The van der Waals surface area contributed by atoms with Crippen LogP contribution < -0.4 is 24.8 Å². The van der Waals surface area contributed by atoms with Gasteiger partial charge in [-0.25, -0.2) is 0 Å². The molecule has 0 aromatic heterocycles. The van der Waals surface area contributed by atoms with Crippen molar-refractivity contribution in [1.29, 1.82) is 0 Å². The third-order valence-electron chi connectivity index (χ3n) is 2.21. The first kappa shape index (κ1) is 21.4. The fourth-order valence-electron chi connectivity index (χ4n) is 1.44. The van der Waals surface area contributed by atoms with Crippen LogP contribution in [0.15, 0.2) is 33.7 Å². The summed E-state index contributed by atoms with van der Waals surface area (Å²) in [6, 6.07) is 0. The summed E-state index contributed by atoms with van der Waals surface area (Å²) >= 11 is 3.56. The minimum absolute atomic E-state index is 0. The molecule has 0 aromatic rings. The van der Waals surface area contributed by atoms with E-state index in [4.69, 9.17) is 0 Å². The molecule has 5 heteroatoms. The Morgan fingerprint density at radius 1 is 1.22 bits per heavy atom. The van der Waals surface area contributed by atoms with Gasteiger partial charge in [0.1, 0.15) is 0 Å². The molecular weight excluding hydrogens is 378 g/mol. The van der Waals surface area contributed by atoms with Crippen LogP contribution in [0.1, 0.15) is 13.8 Å². The van der Waals surface area contributed by atoms with E-state index in [-0.39, 0.29) is 24.8 Å². The standard InChI is InChI=1S/C10H14SSi.C3H6.2ClH.Zr/c1-12(2,3)10-7-8-5-4-6-9(8)11-10;1-3-2;;;/h4-8H,1-3H3;1-2H3;2*1H;/q;;;;+2/p-2. The van der Waals surface area contributed by atoms with Gasteiger partial charge in [-0.2, -0.15) is 0 Å². The van der Waals surface area contributed by atoms with E-state index in [0.717, 1.165) is 0 Å². The molecule has 100 valence electrons. The van der Waals surface area contributed by atoms with Crippen LogP contribution >= 0.6 is 11.8 Å². The van der Waals surface area contributed by atoms with E-state index in [1.54, 1.807) is 28.8 Å². The summed E-state index contributed by atoms with van der Waals surface area (Å²) in [6.07, 6.45) is 9.16. The monoisotopic (exact) mass is 396 g/mol. The third kappa shape index (κ3) is 7.05. The van der Waals surface area contributed by atoms with Crippen molar-refractivity contribution >= 4 is 23.0 Å². The molecule has 2 aliphatic rings. The Balaban J connectivity index is 0. The van der Waals surface area contributed by atoms with Crippen molar-refractivity contribution in [3.63, 3.8) is 0 Å². The van der Waals surface area contributed by atoms with Crippen molar-refractivity contribution < 1.29 is 49.0 Å². The maximum Gasteiger partial charge on any atom is 0.0858 e. The van der Waals surface area contributed by atoms with E-state index in [0.29, 0.717) is 5.92 Å². The molecular formula is C13H20Cl2SSiZr. The van der Waals surface area contributed by atoms with Crippen molar-refractivity contribution in [2.75, 3.05) is 0 Å². The molecule has 0 amide bonds. The molecule has 2 rings (SSSR count). The van der Waals surface area contributed by atoms with Gasteiger partial charge in [-0.1, -0.05) is 43.9 Å². The molecule has 0 nitrogen and oxygen atoms in total. The van der Waals surface area contributed by atoms with Gasteiger partial charge in [0.15, 0.2) is 0 Å². The second kappa shape index (κ2) is 9.13. The minimum atomic E-state index is -1.04. The molecule has 1 unspecified atom stereocenters. The Kier molecular flexibility index (Phi) is 10.9. The average molecular weight is 399 g/mol. The molecule has 18 heavy (non-hydrogen) atoms. The number of rotatable bonds is 1. The van der Waals surface area contributed by atoms with E-state index in [1.165, 1.54) is 8.11 Å². The van der Waals surface area contributed by atoms with Gasteiger partial charge in [0.2, 0.25) is 0 Å². The molecule has 0 saturated heterocycles. The van der Waals surface area contributed by atoms with Gasteiger partial charge >= 0.3 is 41.3 Å². The topological polar surface area (TPSA) is 0 Å². The molecule has 0 radical (unpaired) electrons. The van der Waals surface area contributed by atoms with Gasteiger partial charge in [0, 0.05) is 5.92 Å². The van der Waals surface area contributed by atoms with Crippen molar-refractivity contribution in [2.45, 2.75) is 33.5 Å². The number of hydrogen-bond donors (Lipinski definition) is 0. The van der Waals surface area contributed by atoms with Crippen molar-refractivity contribution in [1.82, 2.24) is 0 Å². The fourth-order valence-corrected chi connectivity index (χ4v) is 4.60. The average Bonchev–Trinajstić information content (AvgIpc) is 2.56. The molecule has 1 aliphatic carbocycles. The smallest absolute Gasteiger partial charge is 0.0858 e. The molecule has 1 aliphatic heterocycles. The Labute approximate surface area is 144 Å².